The summed E-state index contributed by atoms with van der Waals surface area (Å²) in [5.74, 6) is 0.175. The number of fused-ring (bicyclic) bond motifs is 1. The van der Waals surface area contributed by atoms with Gasteiger partial charge in [0.25, 0.3) is 5.91 Å². The van der Waals surface area contributed by atoms with Gasteiger partial charge in [-0.3, -0.25) is 4.79 Å². The minimum absolute atomic E-state index is 0.291. The maximum absolute atomic E-state index is 13.2. The molecule has 118 valence electrons. The van der Waals surface area contributed by atoms with Crippen LogP contribution in [0.15, 0.2) is 46.9 Å². The van der Waals surface area contributed by atoms with Crippen molar-refractivity contribution in [2.24, 2.45) is 0 Å². The minimum Gasteiger partial charge on any atom is -0.352 e. The summed E-state index contributed by atoms with van der Waals surface area (Å²) in [7, 11) is 0. The number of amides is 1. The van der Waals surface area contributed by atoms with E-state index in [1.54, 1.807) is 0 Å². The Balaban J connectivity index is 1.53. The standard InChI is InChI=1S/C17H15BrFN3O/c18-13-8-7-11(19)10-12(13)17(23)20-9-3-6-16-21-14-4-1-2-5-15(14)22-16/h1-2,4-5,7-8,10H,3,6,9H2,(H,20,23)(H,21,22). The maximum atomic E-state index is 13.2. The highest BCUT2D eigenvalue weighted by atomic mass is 79.9. The SMILES string of the molecule is O=C(NCCCc1nc2ccccc2[nH]1)c1cc(F)ccc1Br. The third kappa shape index (κ3) is 3.76. The monoisotopic (exact) mass is 375 g/mol. The number of hydrogen-bond acceptors (Lipinski definition) is 2. The predicted molar refractivity (Wildman–Crippen MR) is 90.8 cm³/mol. The van der Waals surface area contributed by atoms with E-state index in [-0.39, 0.29) is 5.91 Å². The zero-order valence-corrected chi connectivity index (χ0v) is 13.9. The van der Waals surface area contributed by atoms with Crippen molar-refractivity contribution in [1.82, 2.24) is 15.3 Å². The number of nitrogens with zero attached hydrogens (tertiary/aromatic N) is 1. The van der Waals surface area contributed by atoms with Crippen molar-refractivity contribution < 1.29 is 9.18 Å². The molecule has 0 unspecified atom stereocenters. The van der Waals surface area contributed by atoms with Crippen LogP contribution in [0.2, 0.25) is 0 Å². The Kier molecular flexibility index (Phi) is 4.71. The molecule has 0 saturated heterocycles. The van der Waals surface area contributed by atoms with Crippen LogP contribution < -0.4 is 5.32 Å². The summed E-state index contributed by atoms with van der Waals surface area (Å²) in [5.41, 5.74) is 2.25. The van der Waals surface area contributed by atoms with Crippen LogP contribution >= 0.6 is 15.9 Å². The molecule has 3 aromatic rings. The molecule has 23 heavy (non-hydrogen) atoms. The number of carbonyl (C=O) groups is 1. The average Bonchev–Trinajstić information content (AvgIpc) is 2.96. The van der Waals surface area contributed by atoms with E-state index in [0.717, 1.165) is 29.7 Å². The van der Waals surface area contributed by atoms with Crippen LogP contribution in [-0.4, -0.2) is 22.4 Å². The van der Waals surface area contributed by atoms with Crippen molar-refractivity contribution in [3.63, 3.8) is 0 Å². The van der Waals surface area contributed by atoms with Gasteiger partial charge in [0.2, 0.25) is 0 Å². The lowest BCUT2D eigenvalue weighted by molar-refractivity contribution is 0.0952. The first-order chi connectivity index (χ1) is 11.1. The third-order valence-corrected chi connectivity index (χ3v) is 4.18. The topological polar surface area (TPSA) is 57.8 Å². The van der Waals surface area contributed by atoms with Gasteiger partial charge >= 0.3 is 0 Å². The summed E-state index contributed by atoms with van der Waals surface area (Å²) >= 11 is 3.25. The largest absolute Gasteiger partial charge is 0.352 e. The Morgan fingerprint density at radius 2 is 2.09 bits per heavy atom. The summed E-state index contributed by atoms with van der Waals surface area (Å²) < 4.78 is 13.8. The van der Waals surface area contributed by atoms with Crippen molar-refractivity contribution in [2.75, 3.05) is 6.54 Å². The molecule has 2 N–H and O–H groups in total. The molecule has 1 aromatic heterocycles. The molecule has 6 heteroatoms. The van der Waals surface area contributed by atoms with E-state index >= 15 is 0 Å². The Hall–Kier alpha value is -2.21. The van der Waals surface area contributed by atoms with Gasteiger partial charge in [-0.05, 0) is 52.7 Å². The second kappa shape index (κ2) is 6.91. The van der Waals surface area contributed by atoms with Crippen LogP contribution in [0.4, 0.5) is 4.39 Å². The lowest BCUT2D eigenvalue weighted by Crippen LogP contribution is -2.25. The highest BCUT2D eigenvalue weighted by Crippen LogP contribution is 2.17. The zero-order valence-electron chi connectivity index (χ0n) is 12.3. The van der Waals surface area contributed by atoms with Gasteiger partial charge in [-0.15, -0.1) is 0 Å². The molecule has 0 aliphatic heterocycles. The maximum Gasteiger partial charge on any atom is 0.252 e. The number of benzene rings is 2. The van der Waals surface area contributed by atoms with Crippen LogP contribution in [0.1, 0.15) is 22.6 Å². The molecule has 0 radical (unpaired) electrons. The molecule has 1 amide bonds. The smallest absolute Gasteiger partial charge is 0.252 e. The van der Waals surface area contributed by atoms with Gasteiger partial charge in [0, 0.05) is 17.4 Å². The number of para-hydroxylation sites is 2. The van der Waals surface area contributed by atoms with Gasteiger partial charge in [0.15, 0.2) is 0 Å². The van der Waals surface area contributed by atoms with Gasteiger partial charge in [0.1, 0.15) is 11.6 Å². The van der Waals surface area contributed by atoms with Gasteiger partial charge in [-0.2, -0.15) is 0 Å². The summed E-state index contributed by atoms with van der Waals surface area (Å²) in [6, 6.07) is 11.9. The number of carbonyl (C=O) groups excluding carboxylic acids is 1. The number of imidazole rings is 1. The lowest BCUT2D eigenvalue weighted by Gasteiger charge is -2.06. The van der Waals surface area contributed by atoms with Gasteiger partial charge in [0.05, 0.1) is 16.6 Å². The van der Waals surface area contributed by atoms with Gasteiger partial charge < -0.3 is 10.3 Å². The molecule has 0 atom stereocenters. The van der Waals surface area contributed by atoms with Gasteiger partial charge in [-0.25, -0.2) is 9.37 Å². The zero-order chi connectivity index (χ0) is 16.2. The van der Waals surface area contributed by atoms with E-state index < -0.39 is 5.82 Å². The number of hydrogen-bond donors (Lipinski definition) is 2. The van der Waals surface area contributed by atoms with E-state index in [4.69, 9.17) is 0 Å². The number of nitrogens with one attached hydrogen (secondary N) is 2. The second-order valence-electron chi connectivity index (χ2n) is 5.18. The fourth-order valence-corrected chi connectivity index (χ4v) is 2.78. The Morgan fingerprint density at radius 1 is 1.26 bits per heavy atom. The van der Waals surface area contributed by atoms with E-state index in [9.17, 15) is 9.18 Å². The van der Waals surface area contributed by atoms with E-state index in [0.29, 0.717) is 16.6 Å². The summed E-state index contributed by atoms with van der Waals surface area (Å²) in [6.45, 7) is 0.499. The van der Waals surface area contributed by atoms with E-state index in [2.05, 4.69) is 31.2 Å². The van der Waals surface area contributed by atoms with E-state index in [1.807, 2.05) is 24.3 Å². The van der Waals surface area contributed by atoms with Crippen LogP contribution in [0.3, 0.4) is 0 Å². The molecule has 0 aliphatic carbocycles. The molecule has 0 spiro atoms. The highest BCUT2D eigenvalue weighted by Gasteiger charge is 2.10. The second-order valence-corrected chi connectivity index (χ2v) is 6.04. The molecule has 0 fully saturated rings. The number of H-pyrrole nitrogens is 1. The lowest BCUT2D eigenvalue weighted by atomic mass is 10.2. The van der Waals surface area contributed by atoms with Crippen LogP contribution in [0.25, 0.3) is 11.0 Å². The Labute approximate surface area is 141 Å². The first-order valence-corrected chi connectivity index (χ1v) is 8.09. The van der Waals surface area contributed by atoms with Crippen LogP contribution in [0, 0.1) is 5.82 Å². The van der Waals surface area contributed by atoms with E-state index in [1.165, 1.54) is 18.2 Å². The van der Waals surface area contributed by atoms with Crippen molar-refractivity contribution in [3.05, 3.63) is 64.1 Å². The molecule has 3 rings (SSSR count). The molecule has 4 nitrogen and oxygen atoms in total. The van der Waals surface area contributed by atoms with Crippen molar-refractivity contribution in [1.29, 1.82) is 0 Å². The quantitative estimate of drug-likeness (QED) is 0.665. The predicted octanol–water partition coefficient (Wildman–Crippen LogP) is 3.83. The number of aromatic nitrogens is 2. The molecule has 0 bridgehead atoms. The highest BCUT2D eigenvalue weighted by molar-refractivity contribution is 9.10. The first-order valence-electron chi connectivity index (χ1n) is 7.30. The van der Waals surface area contributed by atoms with Crippen molar-refractivity contribution in [3.8, 4) is 0 Å². The third-order valence-electron chi connectivity index (χ3n) is 3.49. The number of rotatable bonds is 5. The summed E-state index contributed by atoms with van der Waals surface area (Å²) in [4.78, 5) is 19.8. The average molecular weight is 376 g/mol. The Bertz CT molecular complexity index is 814. The fraction of sp³-hybridized carbons (Fsp3) is 0.176. The molecular weight excluding hydrogens is 361 g/mol. The normalized spacial score (nSPS) is 10.9. The fourth-order valence-electron chi connectivity index (χ4n) is 2.35. The number of aryl methyl sites for hydroxylation is 1. The first kappa shape index (κ1) is 15.7. The molecule has 1 heterocycles. The van der Waals surface area contributed by atoms with Crippen molar-refractivity contribution >= 4 is 32.9 Å². The van der Waals surface area contributed by atoms with Crippen LogP contribution in [0.5, 0.6) is 0 Å². The number of aromatic amines is 1. The summed E-state index contributed by atoms with van der Waals surface area (Å²) in [5, 5.41) is 2.79. The summed E-state index contributed by atoms with van der Waals surface area (Å²) in [6.07, 6.45) is 1.48. The van der Waals surface area contributed by atoms with Crippen molar-refractivity contribution in [2.45, 2.75) is 12.8 Å². The minimum atomic E-state index is -0.430. The number of halogens is 2. The van der Waals surface area contributed by atoms with Gasteiger partial charge in [-0.1, -0.05) is 12.1 Å². The molecule has 0 saturated carbocycles. The molecule has 2 aromatic carbocycles. The Morgan fingerprint density at radius 3 is 2.91 bits per heavy atom. The molecule has 0 aliphatic rings. The van der Waals surface area contributed by atoms with Crippen LogP contribution in [-0.2, 0) is 6.42 Å². The molecular formula is C17H15BrFN3O.